The van der Waals surface area contributed by atoms with Crippen LogP contribution in [-0.4, -0.2) is 23.9 Å². The van der Waals surface area contributed by atoms with Gasteiger partial charge >= 0.3 is 0 Å². The monoisotopic (exact) mass is 278 g/mol. The van der Waals surface area contributed by atoms with E-state index in [0.29, 0.717) is 5.11 Å². The van der Waals surface area contributed by atoms with E-state index in [1.807, 2.05) is 18.2 Å². The molecule has 4 heteroatoms. The topological polar surface area (TPSA) is 33.3 Å². The molecular weight excluding hydrogens is 256 g/mol. The molecule has 0 radical (unpaired) electrons. The van der Waals surface area contributed by atoms with Crippen LogP contribution in [0.25, 0.3) is 0 Å². The molecule has 1 aliphatic rings. The Labute approximate surface area is 120 Å². The molecule has 0 aliphatic carbocycles. The van der Waals surface area contributed by atoms with E-state index in [4.69, 9.17) is 17.0 Å². The molecule has 0 bridgehead atoms. The van der Waals surface area contributed by atoms with Gasteiger partial charge in [-0.2, -0.15) is 0 Å². The van der Waals surface area contributed by atoms with Gasteiger partial charge in [0, 0.05) is 6.61 Å². The predicted octanol–water partition coefficient (Wildman–Crippen LogP) is 2.78. The Bertz CT molecular complexity index is 404. The zero-order valence-corrected chi connectivity index (χ0v) is 12.4. The molecule has 3 atom stereocenters. The molecule has 104 valence electrons. The highest BCUT2D eigenvalue weighted by molar-refractivity contribution is 7.80. The fourth-order valence-electron chi connectivity index (χ4n) is 2.36. The molecule has 1 aromatic carbocycles. The number of hydrogen-bond acceptors (Lipinski definition) is 2. The number of hydrogen-bond donors (Lipinski definition) is 2. The maximum atomic E-state index is 5.66. The SMILES string of the molecule is CC(NC(=S)NC(C)C1CCCO1)c1ccccc1. The molecule has 1 aliphatic heterocycles. The van der Waals surface area contributed by atoms with Crippen LogP contribution in [0.15, 0.2) is 30.3 Å². The van der Waals surface area contributed by atoms with Crippen molar-refractivity contribution < 1.29 is 4.74 Å². The second-order valence-electron chi connectivity index (χ2n) is 5.09. The van der Waals surface area contributed by atoms with Crippen molar-refractivity contribution in [3.05, 3.63) is 35.9 Å². The van der Waals surface area contributed by atoms with Crippen molar-refractivity contribution in [2.75, 3.05) is 6.61 Å². The van der Waals surface area contributed by atoms with Crippen LogP contribution < -0.4 is 10.6 Å². The van der Waals surface area contributed by atoms with Crippen molar-refractivity contribution in [2.24, 2.45) is 0 Å². The van der Waals surface area contributed by atoms with Gasteiger partial charge in [-0.25, -0.2) is 0 Å². The van der Waals surface area contributed by atoms with Crippen LogP contribution in [0.1, 0.15) is 38.3 Å². The highest BCUT2D eigenvalue weighted by Crippen LogP contribution is 2.15. The summed E-state index contributed by atoms with van der Waals surface area (Å²) in [6, 6.07) is 10.8. The smallest absolute Gasteiger partial charge is 0.167 e. The molecule has 0 aromatic heterocycles. The van der Waals surface area contributed by atoms with Crippen LogP contribution in [0.5, 0.6) is 0 Å². The van der Waals surface area contributed by atoms with Gasteiger partial charge in [-0.1, -0.05) is 30.3 Å². The van der Waals surface area contributed by atoms with Crippen molar-refractivity contribution in [3.8, 4) is 0 Å². The van der Waals surface area contributed by atoms with Crippen LogP contribution in [0.4, 0.5) is 0 Å². The summed E-state index contributed by atoms with van der Waals surface area (Å²) in [6.45, 7) is 5.11. The van der Waals surface area contributed by atoms with Crippen LogP contribution >= 0.6 is 12.2 Å². The van der Waals surface area contributed by atoms with Crippen molar-refractivity contribution >= 4 is 17.3 Å². The predicted molar refractivity (Wildman–Crippen MR) is 82.2 cm³/mol. The van der Waals surface area contributed by atoms with Gasteiger partial charge in [0.15, 0.2) is 5.11 Å². The number of thiocarbonyl (C=S) groups is 1. The number of benzene rings is 1. The largest absolute Gasteiger partial charge is 0.376 e. The molecule has 19 heavy (non-hydrogen) atoms. The summed E-state index contributed by atoms with van der Waals surface area (Å²) in [4.78, 5) is 0. The first kappa shape index (κ1) is 14.3. The second-order valence-corrected chi connectivity index (χ2v) is 5.50. The lowest BCUT2D eigenvalue weighted by Gasteiger charge is -2.24. The second kappa shape index (κ2) is 6.87. The standard InChI is InChI=1S/C15H22N2OS/c1-11(13-7-4-3-5-8-13)16-15(19)17-12(2)14-9-6-10-18-14/h3-5,7-8,11-12,14H,6,9-10H2,1-2H3,(H2,16,17,19). The Morgan fingerprint density at radius 3 is 2.63 bits per heavy atom. The first-order valence-corrected chi connectivity index (χ1v) is 7.31. The van der Waals surface area contributed by atoms with Gasteiger partial charge in [-0.05, 0) is 44.5 Å². The molecule has 0 spiro atoms. The Hall–Kier alpha value is -1.13. The van der Waals surface area contributed by atoms with Crippen LogP contribution in [0, 0.1) is 0 Å². The average Bonchev–Trinajstić information content (AvgIpc) is 2.93. The van der Waals surface area contributed by atoms with Crippen molar-refractivity contribution in [1.82, 2.24) is 10.6 Å². The van der Waals surface area contributed by atoms with E-state index in [2.05, 4.69) is 36.6 Å². The van der Waals surface area contributed by atoms with Gasteiger partial charge in [-0.3, -0.25) is 0 Å². The highest BCUT2D eigenvalue weighted by Gasteiger charge is 2.22. The molecule has 2 N–H and O–H groups in total. The molecule has 1 heterocycles. The first-order valence-electron chi connectivity index (χ1n) is 6.90. The lowest BCUT2D eigenvalue weighted by Crippen LogP contribution is -2.46. The van der Waals surface area contributed by atoms with Crippen molar-refractivity contribution in [3.63, 3.8) is 0 Å². The van der Waals surface area contributed by atoms with Gasteiger partial charge in [0.05, 0.1) is 18.2 Å². The van der Waals surface area contributed by atoms with Crippen molar-refractivity contribution in [2.45, 2.75) is 44.9 Å². The third-order valence-corrected chi connectivity index (χ3v) is 3.76. The first-order chi connectivity index (χ1) is 9.16. The van der Waals surface area contributed by atoms with E-state index >= 15 is 0 Å². The number of ether oxygens (including phenoxy) is 1. The lowest BCUT2D eigenvalue weighted by molar-refractivity contribution is 0.0892. The summed E-state index contributed by atoms with van der Waals surface area (Å²) in [7, 11) is 0. The van der Waals surface area contributed by atoms with E-state index in [1.165, 1.54) is 5.56 Å². The Morgan fingerprint density at radius 1 is 1.26 bits per heavy atom. The van der Waals surface area contributed by atoms with Crippen molar-refractivity contribution in [1.29, 1.82) is 0 Å². The van der Waals surface area contributed by atoms with Crippen LogP contribution in [-0.2, 0) is 4.74 Å². The van der Waals surface area contributed by atoms with Gasteiger partial charge in [0.2, 0.25) is 0 Å². The maximum Gasteiger partial charge on any atom is 0.167 e. The fraction of sp³-hybridized carbons (Fsp3) is 0.533. The average molecular weight is 278 g/mol. The zero-order valence-electron chi connectivity index (χ0n) is 11.6. The molecule has 1 aromatic rings. The molecular formula is C15H22N2OS. The van der Waals surface area contributed by atoms with Gasteiger partial charge in [0.25, 0.3) is 0 Å². The van der Waals surface area contributed by atoms with Gasteiger partial charge in [0.1, 0.15) is 0 Å². The van der Waals surface area contributed by atoms with Crippen LogP contribution in [0.2, 0.25) is 0 Å². The summed E-state index contributed by atoms with van der Waals surface area (Å²) in [5.74, 6) is 0. The van der Waals surface area contributed by atoms with Crippen LogP contribution in [0.3, 0.4) is 0 Å². The molecule has 1 fully saturated rings. The normalized spacial score (nSPS) is 21.7. The third kappa shape index (κ3) is 4.18. The molecule has 3 unspecified atom stereocenters. The third-order valence-electron chi connectivity index (χ3n) is 3.53. The molecule has 2 rings (SSSR count). The highest BCUT2D eigenvalue weighted by atomic mass is 32.1. The molecule has 3 nitrogen and oxygen atoms in total. The quantitative estimate of drug-likeness (QED) is 0.830. The fourth-order valence-corrected chi connectivity index (χ4v) is 2.72. The van der Waals surface area contributed by atoms with Gasteiger partial charge < -0.3 is 15.4 Å². The zero-order chi connectivity index (χ0) is 13.7. The van der Waals surface area contributed by atoms with E-state index in [9.17, 15) is 0 Å². The molecule has 0 amide bonds. The summed E-state index contributed by atoms with van der Waals surface area (Å²) < 4.78 is 5.66. The van der Waals surface area contributed by atoms with E-state index in [1.54, 1.807) is 0 Å². The Balaban J connectivity index is 1.80. The minimum atomic E-state index is 0.206. The Morgan fingerprint density at radius 2 is 2.00 bits per heavy atom. The maximum absolute atomic E-state index is 5.66. The summed E-state index contributed by atoms with van der Waals surface area (Å²) in [5, 5.41) is 7.33. The number of rotatable bonds is 4. The minimum absolute atomic E-state index is 0.206. The number of nitrogens with one attached hydrogen (secondary N) is 2. The summed E-state index contributed by atoms with van der Waals surface area (Å²) >= 11 is 5.36. The molecule has 1 saturated heterocycles. The Kier molecular flexibility index (Phi) is 5.16. The molecule has 0 saturated carbocycles. The van der Waals surface area contributed by atoms with E-state index in [-0.39, 0.29) is 18.2 Å². The summed E-state index contributed by atoms with van der Waals surface area (Å²) in [5.41, 5.74) is 1.23. The van der Waals surface area contributed by atoms with Gasteiger partial charge in [-0.15, -0.1) is 0 Å². The minimum Gasteiger partial charge on any atom is -0.376 e. The summed E-state index contributed by atoms with van der Waals surface area (Å²) in [6.07, 6.45) is 2.55. The van der Waals surface area contributed by atoms with E-state index in [0.717, 1.165) is 19.4 Å². The van der Waals surface area contributed by atoms with E-state index < -0.39 is 0 Å². The lowest BCUT2D eigenvalue weighted by atomic mass is 10.1.